The number of esters is 1. The van der Waals surface area contributed by atoms with Crippen LogP contribution in [0.4, 0.5) is 0 Å². The fraction of sp³-hybridized carbons (Fsp3) is 0.778. The smallest absolute Gasteiger partial charge is 0.305 e. The molecule has 0 aromatic carbocycles. The lowest BCUT2D eigenvalue weighted by Gasteiger charge is -2.10. The van der Waals surface area contributed by atoms with Crippen molar-refractivity contribution in [3.8, 4) is 0 Å². The zero-order chi connectivity index (χ0) is 11.0. The molecule has 82 valence electrons. The number of carbonyl (C=O) groups is 2. The third-order valence-corrected chi connectivity index (χ3v) is 1.79. The molecule has 0 aromatic rings. The van der Waals surface area contributed by atoms with Crippen molar-refractivity contribution in [2.45, 2.75) is 32.2 Å². The summed E-state index contributed by atoms with van der Waals surface area (Å²) in [5.41, 5.74) is 5.01. The number of amides is 1. The lowest BCUT2D eigenvalue weighted by Crippen LogP contribution is -2.31. The number of rotatable bonds is 7. The molecule has 0 aliphatic heterocycles. The number of primary amides is 1. The molecule has 0 heterocycles. The van der Waals surface area contributed by atoms with E-state index in [-0.39, 0.29) is 17.9 Å². The molecule has 0 aliphatic carbocycles. The first-order valence-electron chi connectivity index (χ1n) is 4.64. The monoisotopic (exact) mass is 202 g/mol. The van der Waals surface area contributed by atoms with Crippen LogP contribution in [0, 0.1) is 0 Å². The Kier molecular flexibility index (Phi) is 6.74. The molecule has 5 heteroatoms. The fourth-order valence-corrected chi connectivity index (χ4v) is 1.06. The summed E-state index contributed by atoms with van der Waals surface area (Å²) in [6.07, 6.45) is 1.42. The largest absolute Gasteiger partial charge is 0.469 e. The molecule has 0 saturated heterocycles. The van der Waals surface area contributed by atoms with E-state index < -0.39 is 0 Å². The number of nitrogens with one attached hydrogen (secondary N) is 1. The van der Waals surface area contributed by atoms with Crippen LogP contribution in [0.2, 0.25) is 0 Å². The van der Waals surface area contributed by atoms with Crippen molar-refractivity contribution in [1.82, 2.24) is 5.32 Å². The van der Waals surface area contributed by atoms with E-state index in [1.165, 1.54) is 7.11 Å². The first kappa shape index (κ1) is 12.9. The molecule has 3 N–H and O–H groups in total. The lowest BCUT2D eigenvalue weighted by atomic mass is 10.2. The maximum absolute atomic E-state index is 10.7. The maximum Gasteiger partial charge on any atom is 0.305 e. The van der Waals surface area contributed by atoms with Crippen LogP contribution in [0.25, 0.3) is 0 Å². The van der Waals surface area contributed by atoms with Crippen molar-refractivity contribution in [3.63, 3.8) is 0 Å². The molecule has 0 aromatic heterocycles. The highest BCUT2D eigenvalue weighted by molar-refractivity contribution is 5.74. The van der Waals surface area contributed by atoms with Gasteiger partial charge in [-0.25, -0.2) is 0 Å². The van der Waals surface area contributed by atoms with E-state index in [2.05, 4.69) is 10.1 Å². The number of methoxy groups -OCH3 is 1. The quantitative estimate of drug-likeness (QED) is 0.442. The van der Waals surface area contributed by atoms with Gasteiger partial charge in [0, 0.05) is 18.9 Å². The molecule has 14 heavy (non-hydrogen) atoms. The number of nitrogens with two attached hydrogens (primary N) is 1. The molecule has 0 saturated carbocycles. The Labute approximate surface area is 84.0 Å². The summed E-state index contributed by atoms with van der Waals surface area (Å²) in [7, 11) is 1.37. The van der Waals surface area contributed by atoms with Gasteiger partial charge in [0.15, 0.2) is 0 Å². The van der Waals surface area contributed by atoms with Crippen LogP contribution >= 0.6 is 0 Å². The Balaban J connectivity index is 3.35. The Morgan fingerprint density at radius 2 is 2.14 bits per heavy atom. The number of hydrogen-bond donors (Lipinski definition) is 2. The molecule has 0 fully saturated rings. The lowest BCUT2D eigenvalue weighted by molar-refractivity contribution is -0.140. The summed E-state index contributed by atoms with van der Waals surface area (Å²) in [5, 5.41) is 3.08. The van der Waals surface area contributed by atoms with Crippen molar-refractivity contribution in [3.05, 3.63) is 0 Å². The Morgan fingerprint density at radius 1 is 1.50 bits per heavy atom. The van der Waals surface area contributed by atoms with Crippen molar-refractivity contribution >= 4 is 11.9 Å². The normalized spacial score (nSPS) is 12.1. The van der Waals surface area contributed by atoms with Crippen LogP contribution in [-0.2, 0) is 14.3 Å². The van der Waals surface area contributed by atoms with Crippen LogP contribution in [0.5, 0.6) is 0 Å². The highest BCUT2D eigenvalue weighted by Gasteiger charge is 2.05. The van der Waals surface area contributed by atoms with Crippen molar-refractivity contribution < 1.29 is 14.3 Å². The first-order valence-corrected chi connectivity index (χ1v) is 4.64. The molecule has 0 aliphatic rings. The minimum Gasteiger partial charge on any atom is -0.469 e. The highest BCUT2D eigenvalue weighted by Crippen LogP contribution is 1.93. The second-order valence-corrected chi connectivity index (χ2v) is 3.21. The van der Waals surface area contributed by atoms with E-state index in [1.807, 2.05) is 6.92 Å². The molecule has 1 amide bonds. The van der Waals surface area contributed by atoms with E-state index in [0.29, 0.717) is 25.8 Å². The van der Waals surface area contributed by atoms with E-state index >= 15 is 0 Å². The summed E-state index contributed by atoms with van der Waals surface area (Å²) < 4.78 is 4.48. The predicted octanol–water partition coefficient (Wildman–Crippen LogP) is -0.207. The van der Waals surface area contributed by atoms with Crippen molar-refractivity contribution in [1.29, 1.82) is 0 Å². The molecule has 0 spiro atoms. The molecule has 0 radical (unpaired) electrons. The third kappa shape index (κ3) is 7.54. The topological polar surface area (TPSA) is 81.4 Å². The van der Waals surface area contributed by atoms with E-state index in [0.717, 1.165) is 0 Å². The first-order chi connectivity index (χ1) is 6.56. The molecular weight excluding hydrogens is 184 g/mol. The average Bonchev–Trinajstić information content (AvgIpc) is 2.10. The van der Waals surface area contributed by atoms with Gasteiger partial charge in [0.25, 0.3) is 0 Å². The van der Waals surface area contributed by atoms with Gasteiger partial charge >= 0.3 is 5.97 Å². The molecule has 5 nitrogen and oxygen atoms in total. The summed E-state index contributed by atoms with van der Waals surface area (Å²) in [5.74, 6) is -0.535. The van der Waals surface area contributed by atoms with Gasteiger partial charge in [0.05, 0.1) is 7.11 Å². The van der Waals surface area contributed by atoms with Crippen LogP contribution < -0.4 is 11.1 Å². The molecular formula is C9H18N2O3. The summed E-state index contributed by atoms with van der Waals surface area (Å²) >= 11 is 0. The summed E-state index contributed by atoms with van der Waals surface area (Å²) in [6.45, 7) is 2.56. The maximum atomic E-state index is 10.7. The third-order valence-electron chi connectivity index (χ3n) is 1.79. The van der Waals surface area contributed by atoms with Crippen molar-refractivity contribution in [2.75, 3.05) is 13.7 Å². The standard InChI is InChI=1S/C9H18N2O3/c1-7(6-8(10)12)11-5-3-4-9(13)14-2/h7,11H,3-6H2,1-2H3,(H2,10,12). The van der Waals surface area contributed by atoms with Gasteiger partial charge in [-0.2, -0.15) is 0 Å². The van der Waals surface area contributed by atoms with Crippen LogP contribution in [0.3, 0.4) is 0 Å². The van der Waals surface area contributed by atoms with Gasteiger partial charge in [-0.1, -0.05) is 0 Å². The zero-order valence-electron chi connectivity index (χ0n) is 8.71. The van der Waals surface area contributed by atoms with Gasteiger partial charge in [0.1, 0.15) is 0 Å². The number of hydrogen-bond acceptors (Lipinski definition) is 4. The Bertz CT molecular complexity index is 194. The molecule has 1 unspecified atom stereocenters. The second kappa shape index (κ2) is 7.32. The Hall–Kier alpha value is -1.10. The predicted molar refractivity (Wildman–Crippen MR) is 52.5 cm³/mol. The van der Waals surface area contributed by atoms with E-state index in [4.69, 9.17) is 5.73 Å². The highest BCUT2D eigenvalue weighted by atomic mass is 16.5. The zero-order valence-corrected chi connectivity index (χ0v) is 8.71. The average molecular weight is 202 g/mol. The van der Waals surface area contributed by atoms with Crippen LogP contribution in [0.1, 0.15) is 26.2 Å². The SMILES string of the molecule is COC(=O)CCCNC(C)CC(N)=O. The van der Waals surface area contributed by atoms with Gasteiger partial charge in [-0.05, 0) is 19.9 Å². The fourth-order valence-electron chi connectivity index (χ4n) is 1.06. The van der Waals surface area contributed by atoms with Crippen LogP contribution in [-0.4, -0.2) is 31.6 Å². The van der Waals surface area contributed by atoms with E-state index in [1.54, 1.807) is 0 Å². The van der Waals surface area contributed by atoms with Gasteiger partial charge in [-0.15, -0.1) is 0 Å². The molecule has 1 atom stereocenters. The summed E-state index contributed by atoms with van der Waals surface area (Å²) in [4.78, 5) is 21.2. The minimum absolute atomic E-state index is 0.0603. The number of ether oxygens (including phenoxy) is 1. The van der Waals surface area contributed by atoms with Gasteiger partial charge in [-0.3, -0.25) is 9.59 Å². The second-order valence-electron chi connectivity index (χ2n) is 3.21. The van der Waals surface area contributed by atoms with E-state index in [9.17, 15) is 9.59 Å². The number of carbonyl (C=O) groups excluding carboxylic acids is 2. The molecule has 0 rings (SSSR count). The summed E-state index contributed by atoms with van der Waals surface area (Å²) in [6, 6.07) is 0.0603. The van der Waals surface area contributed by atoms with Gasteiger partial charge < -0.3 is 15.8 Å². The van der Waals surface area contributed by atoms with Crippen LogP contribution in [0.15, 0.2) is 0 Å². The molecule has 0 bridgehead atoms. The van der Waals surface area contributed by atoms with Crippen molar-refractivity contribution in [2.24, 2.45) is 5.73 Å². The minimum atomic E-state index is -0.321. The van der Waals surface area contributed by atoms with Gasteiger partial charge in [0.2, 0.25) is 5.91 Å². The Morgan fingerprint density at radius 3 is 2.64 bits per heavy atom.